The minimum absolute atomic E-state index is 0.673. The Kier molecular flexibility index (Phi) is 3.43. The Bertz CT molecular complexity index is 354. The van der Waals surface area contributed by atoms with Gasteiger partial charge in [0.05, 0.1) is 5.69 Å². The second-order valence-electron chi connectivity index (χ2n) is 3.65. The molecule has 0 bridgehead atoms. The number of thioether (sulfide) groups is 1. The summed E-state index contributed by atoms with van der Waals surface area (Å²) in [6.45, 7) is 0.676. The van der Waals surface area contributed by atoms with E-state index < -0.39 is 0 Å². The summed E-state index contributed by atoms with van der Waals surface area (Å²) in [5.74, 6) is 3.62. The Labute approximate surface area is 93.9 Å². The molecule has 0 spiro atoms. The quantitative estimate of drug-likeness (QED) is 0.791. The summed E-state index contributed by atoms with van der Waals surface area (Å²) in [6, 6.07) is 0. The topological polar surface area (TPSA) is 77.8 Å². The van der Waals surface area contributed by atoms with Crippen LogP contribution in [0.2, 0.25) is 0 Å². The highest BCUT2D eigenvalue weighted by molar-refractivity contribution is 7.98. The molecular weight excluding hydrogens is 208 g/mol. The van der Waals surface area contributed by atoms with Crippen LogP contribution in [-0.2, 0) is 18.6 Å². The van der Waals surface area contributed by atoms with E-state index in [4.69, 9.17) is 11.5 Å². The Morgan fingerprint density at radius 1 is 1.33 bits per heavy atom. The summed E-state index contributed by atoms with van der Waals surface area (Å²) < 4.78 is 0. The first-order chi connectivity index (χ1) is 7.31. The average molecular weight is 224 g/mol. The van der Waals surface area contributed by atoms with Crippen LogP contribution in [0.1, 0.15) is 23.5 Å². The van der Waals surface area contributed by atoms with Gasteiger partial charge in [0.25, 0.3) is 0 Å². The maximum atomic E-state index is 5.92. The third-order valence-electron chi connectivity index (χ3n) is 2.51. The first-order valence-electron chi connectivity index (χ1n) is 5.23. The van der Waals surface area contributed by atoms with Crippen LogP contribution in [0.4, 0.5) is 5.82 Å². The van der Waals surface area contributed by atoms with Crippen LogP contribution in [0, 0.1) is 0 Å². The minimum atomic E-state index is 0.673. The molecular formula is C10H16N4S. The molecule has 2 heterocycles. The van der Waals surface area contributed by atoms with Gasteiger partial charge in [0.2, 0.25) is 0 Å². The molecule has 0 unspecified atom stereocenters. The fourth-order valence-corrected chi connectivity index (χ4v) is 2.63. The molecule has 1 aromatic heterocycles. The van der Waals surface area contributed by atoms with Crippen molar-refractivity contribution in [3.8, 4) is 0 Å². The maximum Gasteiger partial charge on any atom is 0.131 e. The van der Waals surface area contributed by atoms with Crippen molar-refractivity contribution in [2.75, 3.05) is 18.0 Å². The van der Waals surface area contributed by atoms with Crippen LogP contribution in [-0.4, -0.2) is 22.3 Å². The zero-order chi connectivity index (χ0) is 10.7. The van der Waals surface area contributed by atoms with Crippen molar-refractivity contribution in [1.29, 1.82) is 0 Å². The lowest BCUT2D eigenvalue weighted by Crippen LogP contribution is -2.14. The number of hydrogen-bond donors (Lipinski definition) is 2. The zero-order valence-electron chi connectivity index (χ0n) is 8.70. The van der Waals surface area contributed by atoms with Crippen molar-refractivity contribution in [3.63, 3.8) is 0 Å². The van der Waals surface area contributed by atoms with E-state index >= 15 is 0 Å². The van der Waals surface area contributed by atoms with Gasteiger partial charge in [0, 0.05) is 17.7 Å². The van der Waals surface area contributed by atoms with Gasteiger partial charge in [-0.1, -0.05) is 0 Å². The molecule has 0 amide bonds. The molecule has 0 fully saturated rings. The minimum Gasteiger partial charge on any atom is -0.383 e. The summed E-state index contributed by atoms with van der Waals surface area (Å²) in [6.07, 6.45) is 2.76. The van der Waals surface area contributed by atoms with Crippen molar-refractivity contribution in [3.05, 3.63) is 17.1 Å². The van der Waals surface area contributed by atoms with Crippen LogP contribution in [0.25, 0.3) is 0 Å². The van der Waals surface area contributed by atoms with Crippen LogP contribution in [0.3, 0.4) is 0 Å². The molecule has 4 N–H and O–H groups in total. The standard InChI is InChI=1S/C10H16N4S/c11-4-1-2-9-13-8-6-15-5-3-7(8)10(12)14-9/h1-6,11H2,(H2,12,13,14). The van der Waals surface area contributed by atoms with Crippen LogP contribution in [0.5, 0.6) is 0 Å². The van der Waals surface area contributed by atoms with Crippen molar-refractivity contribution in [2.24, 2.45) is 5.73 Å². The van der Waals surface area contributed by atoms with Gasteiger partial charge in [-0.2, -0.15) is 11.8 Å². The summed E-state index contributed by atoms with van der Waals surface area (Å²) in [7, 11) is 0. The van der Waals surface area contributed by atoms with Gasteiger partial charge in [0.15, 0.2) is 0 Å². The fourth-order valence-electron chi connectivity index (χ4n) is 1.71. The van der Waals surface area contributed by atoms with Gasteiger partial charge >= 0.3 is 0 Å². The van der Waals surface area contributed by atoms with E-state index in [1.54, 1.807) is 0 Å². The maximum absolute atomic E-state index is 5.92. The van der Waals surface area contributed by atoms with Crippen molar-refractivity contribution in [2.45, 2.75) is 25.0 Å². The summed E-state index contributed by atoms with van der Waals surface area (Å²) in [5.41, 5.74) is 13.7. The second-order valence-corrected chi connectivity index (χ2v) is 4.75. The molecule has 82 valence electrons. The highest BCUT2D eigenvalue weighted by atomic mass is 32.2. The first kappa shape index (κ1) is 10.7. The predicted octanol–water partition coefficient (Wildman–Crippen LogP) is 0.739. The number of nitrogens with two attached hydrogens (primary N) is 2. The molecule has 1 aliphatic rings. The molecule has 0 saturated heterocycles. The third-order valence-corrected chi connectivity index (χ3v) is 3.48. The molecule has 1 aliphatic heterocycles. The zero-order valence-corrected chi connectivity index (χ0v) is 9.52. The van der Waals surface area contributed by atoms with Crippen LogP contribution in [0.15, 0.2) is 0 Å². The number of anilines is 1. The van der Waals surface area contributed by atoms with E-state index in [2.05, 4.69) is 9.97 Å². The molecule has 0 aliphatic carbocycles. The smallest absolute Gasteiger partial charge is 0.131 e. The number of hydrogen-bond acceptors (Lipinski definition) is 5. The number of nitrogen functional groups attached to an aromatic ring is 1. The Morgan fingerprint density at radius 3 is 3.00 bits per heavy atom. The van der Waals surface area contributed by atoms with Gasteiger partial charge in [0.1, 0.15) is 11.6 Å². The first-order valence-corrected chi connectivity index (χ1v) is 6.38. The lowest BCUT2D eigenvalue weighted by atomic mass is 10.1. The van der Waals surface area contributed by atoms with Crippen molar-refractivity contribution in [1.82, 2.24) is 9.97 Å². The van der Waals surface area contributed by atoms with E-state index in [1.165, 1.54) is 0 Å². The van der Waals surface area contributed by atoms with E-state index in [1.807, 2.05) is 11.8 Å². The molecule has 15 heavy (non-hydrogen) atoms. The lowest BCUT2D eigenvalue weighted by Gasteiger charge is -2.16. The fraction of sp³-hybridized carbons (Fsp3) is 0.600. The van der Waals surface area contributed by atoms with Crippen molar-refractivity contribution < 1.29 is 0 Å². The number of nitrogens with zero attached hydrogens (tertiary/aromatic N) is 2. The molecule has 0 aromatic carbocycles. The molecule has 0 atom stereocenters. The van der Waals surface area contributed by atoms with E-state index in [0.29, 0.717) is 12.4 Å². The SMILES string of the molecule is NCCCc1nc(N)c2c(n1)CSCC2. The highest BCUT2D eigenvalue weighted by Gasteiger charge is 2.15. The Hall–Kier alpha value is -0.810. The molecule has 1 aromatic rings. The van der Waals surface area contributed by atoms with E-state index in [9.17, 15) is 0 Å². The number of aryl methyl sites for hydroxylation is 1. The molecule has 0 radical (unpaired) electrons. The Balaban J connectivity index is 2.24. The van der Waals surface area contributed by atoms with Crippen LogP contribution >= 0.6 is 11.8 Å². The van der Waals surface area contributed by atoms with Gasteiger partial charge in [-0.3, -0.25) is 0 Å². The highest BCUT2D eigenvalue weighted by Crippen LogP contribution is 2.26. The normalized spacial score (nSPS) is 15.0. The van der Waals surface area contributed by atoms with Gasteiger partial charge in [-0.25, -0.2) is 9.97 Å². The van der Waals surface area contributed by atoms with Gasteiger partial charge in [-0.05, 0) is 25.1 Å². The van der Waals surface area contributed by atoms with Gasteiger partial charge in [-0.15, -0.1) is 0 Å². The Morgan fingerprint density at radius 2 is 2.20 bits per heavy atom. The van der Waals surface area contributed by atoms with Gasteiger partial charge < -0.3 is 11.5 Å². The van der Waals surface area contributed by atoms with E-state index in [-0.39, 0.29) is 0 Å². The molecule has 5 heteroatoms. The number of aromatic nitrogens is 2. The number of rotatable bonds is 3. The summed E-state index contributed by atoms with van der Waals surface area (Å²) >= 11 is 1.91. The molecule has 0 saturated carbocycles. The average Bonchev–Trinajstić information content (AvgIpc) is 2.26. The predicted molar refractivity (Wildman–Crippen MR) is 63.7 cm³/mol. The third kappa shape index (κ3) is 2.41. The summed E-state index contributed by atoms with van der Waals surface area (Å²) in [5, 5.41) is 0. The second kappa shape index (κ2) is 4.81. The summed E-state index contributed by atoms with van der Waals surface area (Å²) in [4.78, 5) is 8.87. The monoisotopic (exact) mass is 224 g/mol. The molecule has 4 nitrogen and oxygen atoms in total. The van der Waals surface area contributed by atoms with E-state index in [0.717, 1.165) is 47.8 Å². The number of fused-ring (bicyclic) bond motifs is 1. The largest absolute Gasteiger partial charge is 0.383 e. The van der Waals surface area contributed by atoms with Crippen LogP contribution < -0.4 is 11.5 Å². The molecule has 2 rings (SSSR count). The van der Waals surface area contributed by atoms with Crippen molar-refractivity contribution >= 4 is 17.6 Å². The lowest BCUT2D eigenvalue weighted by molar-refractivity contribution is 0.769.